The molecule has 0 radical (unpaired) electrons. The molecule has 0 spiro atoms. The van der Waals surface area contributed by atoms with Gasteiger partial charge in [0.1, 0.15) is 5.58 Å². The molecule has 1 aromatic heterocycles. The van der Waals surface area contributed by atoms with E-state index in [0.717, 1.165) is 11.0 Å². The van der Waals surface area contributed by atoms with Gasteiger partial charge in [-0.1, -0.05) is 19.9 Å². The van der Waals surface area contributed by atoms with Gasteiger partial charge in [0.15, 0.2) is 0 Å². The quantitative estimate of drug-likeness (QED) is 0.934. The first-order chi connectivity index (χ1) is 11.5. The fourth-order valence-corrected chi connectivity index (χ4v) is 4.42. The van der Waals surface area contributed by atoms with Crippen LogP contribution in [0.15, 0.2) is 28.9 Å². The van der Waals surface area contributed by atoms with Crippen molar-refractivity contribution >= 4 is 16.9 Å². The third-order valence-corrected chi connectivity index (χ3v) is 5.97. The van der Waals surface area contributed by atoms with Crippen LogP contribution in [0.2, 0.25) is 0 Å². The minimum absolute atomic E-state index is 0.0185. The Balaban J connectivity index is 1.55. The lowest BCUT2D eigenvalue weighted by Crippen LogP contribution is -2.62. The van der Waals surface area contributed by atoms with E-state index in [1.165, 1.54) is 31.5 Å². The number of benzene rings is 1. The van der Waals surface area contributed by atoms with Gasteiger partial charge in [-0.3, -0.25) is 9.69 Å². The molecule has 0 unspecified atom stereocenters. The standard InChI is InChI=1S/C20H26N2O2/c1-12(2)17-11-24-18-10-15(4-5-16(17)18)20(23)21-19-13(3)22-8-6-14(19)7-9-22/h4-5,10-14,19H,6-9H2,1-3H3,(H,21,23)/t13-,19-/m0/s1. The predicted molar refractivity (Wildman–Crippen MR) is 95.3 cm³/mol. The van der Waals surface area contributed by atoms with Crippen LogP contribution >= 0.6 is 0 Å². The van der Waals surface area contributed by atoms with Gasteiger partial charge >= 0.3 is 0 Å². The molecular formula is C20H26N2O2. The lowest BCUT2D eigenvalue weighted by Gasteiger charge is -2.49. The second kappa shape index (κ2) is 5.92. The van der Waals surface area contributed by atoms with E-state index in [2.05, 4.69) is 31.0 Å². The van der Waals surface area contributed by atoms with E-state index in [1.807, 2.05) is 24.5 Å². The summed E-state index contributed by atoms with van der Waals surface area (Å²) in [4.78, 5) is 15.2. The van der Waals surface area contributed by atoms with Gasteiger partial charge in [0.25, 0.3) is 5.91 Å². The van der Waals surface area contributed by atoms with Crippen molar-refractivity contribution in [3.8, 4) is 0 Å². The lowest BCUT2D eigenvalue weighted by atomic mass is 9.79. The minimum Gasteiger partial charge on any atom is -0.464 e. The van der Waals surface area contributed by atoms with Crippen molar-refractivity contribution in [3.05, 3.63) is 35.6 Å². The molecule has 5 rings (SSSR count). The zero-order valence-corrected chi connectivity index (χ0v) is 14.7. The fraction of sp³-hybridized carbons (Fsp3) is 0.550. The molecule has 0 saturated carbocycles. The topological polar surface area (TPSA) is 45.5 Å². The summed E-state index contributed by atoms with van der Waals surface area (Å²) in [7, 11) is 0. The average Bonchev–Trinajstić information content (AvgIpc) is 3.01. The number of fused-ring (bicyclic) bond motifs is 4. The fourth-order valence-electron chi connectivity index (χ4n) is 4.42. The van der Waals surface area contributed by atoms with Crippen LogP contribution in [-0.2, 0) is 0 Å². The van der Waals surface area contributed by atoms with Crippen molar-refractivity contribution in [2.24, 2.45) is 5.92 Å². The third kappa shape index (κ3) is 2.53. The second-order valence-corrected chi connectivity index (χ2v) is 7.67. The Morgan fingerprint density at radius 1 is 1.29 bits per heavy atom. The summed E-state index contributed by atoms with van der Waals surface area (Å²) in [6.07, 6.45) is 4.21. The summed E-state index contributed by atoms with van der Waals surface area (Å²) in [5.41, 5.74) is 2.69. The van der Waals surface area contributed by atoms with Crippen LogP contribution in [0.3, 0.4) is 0 Å². The van der Waals surface area contributed by atoms with E-state index in [4.69, 9.17) is 4.42 Å². The van der Waals surface area contributed by atoms with Crippen LogP contribution in [0, 0.1) is 5.92 Å². The van der Waals surface area contributed by atoms with Gasteiger partial charge in [0.05, 0.1) is 6.26 Å². The molecule has 3 aliphatic rings. The zero-order valence-electron chi connectivity index (χ0n) is 14.7. The van der Waals surface area contributed by atoms with Crippen LogP contribution in [0.1, 0.15) is 55.5 Å². The molecule has 1 N–H and O–H groups in total. The largest absolute Gasteiger partial charge is 0.464 e. The molecule has 4 nitrogen and oxygen atoms in total. The number of nitrogens with one attached hydrogen (secondary N) is 1. The number of carbonyl (C=O) groups is 1. The SMILES string of the molecule is CC(C)c1coc2cc(C(=O)N[C@@H]3C4CCN(CC4)[C@H]3C)ccc12. The van der Waals surface area contributed by atoms with Crippen LogP contribution in [0.4, 0.5) is 0 Å². The molecule has 3 saturated heterocycles. The number of carbonyl (C=O) groups excluding carboxylic acids is 1. The van der Waals surface area contributed by atoms with Gasteiger partial charge in [-0.05, 0) is 56.8 Å². The highest BCUT2D eigenvalue weighted by Gasteiger charge is 2.40. The summed E-state index contributed by atoms with van der Waals surface area (Å²) in [5, 5.41) is 4.40. The van der Waals surface area contributed by atoms with E-state index >= 15 is 0 Å². The maximum Gasteiger partial charge on any atom is 0.251 e. The monoisotopic (exact) mass is 326 g/mol. The average molecular weight is 326 g/mol. The molecule has 4 heteroatoms. The smallest absolute Gasteiger partial charge is 0.251 e. The van der Waals surface area contributed by atoms with E-state index in [0.29, 0.717) is 23.4 Å². The number of amides is 1. The molecular weight excluding hydrogens is 300 g/mol. The number of rotatable bonds is 3. The molecule has 0 aliphatic carbocycles. The highest BCUT2D eigenvalue weighted by atomic mass is 16.3. The summed E-state index contributed by atoms with van der Waals surface area (Å²) in [5.74, 6) is 1.05. The van der Waals surface area contributed by atoms with Crippen LogP contribution in [0.25, 0.3) is 11.0 Å². The number of furan rings is 1. The molecule has 2 bridgehead atoms. The summed E-state index contributed by atoms with van der Waals surface area (Å²) < 4.78 is 5.67. The van der Waals surface area contributed by atoms with Gasteiger partial charge < -0.3 is 9.73 Å². The van der Waals surface area contributed by atoms with Crippen molar-refractivity contribution in [1.82, 2.24) is 10.2 Å². The normalized spacial score (nSPS) is 29.3. The molecule has 1 amide bonds. The first kappa shape index (κ1) is 15.7. The molecule has 24 heavy (non-hydrogen) atoms. The van der Waals surface area contributed by atoms with Gasteiger partial charge in [-0.2, -0.15) is 0 Å². The Morgan fingerprint density at radius 2 is 2.04 bits per heavy atom. The maximum atomic E-state index is 12.7. The zero-order chi connectivity index (χ0) is 16.8. The van der Waals surface area contributed by atoms with Crippen molar-refractivity contribution in [3.63, 3.8) is 0 Å². The van der Waals surface area contributed by atoms with E-state index in [9.17, 15) is 4.79 Å². The van der Waals surface area contributed by atoms with Crippen LogP contribution in [0.5, 0.6) is 0 Å². The van der Waals surface area contributed by atoms with Crippen molar-refractivity contribution in [1.29, 1.82) is 0 Å². The molecule has 4 heterocycles. The summed E-state index contributed by atoms with van der Waals surface area (Å²) in [6, 6.07) is 6.51. The Morgan fingerprint density at radius 3 is 2.71 bits per heavy atom. The van der Waals surface area contributed by atoms with Crippen molar-refractivity contribution < 1.29 is 9.21 Å². The Bertz CT molecular complexity index is 754. The van der Waals surface area contributed by atoms with Crippen molar-refractivity contribution in [2.45, 2.75) is 51.6 Å². The number of hydrogen-bond acceptors (Lipinski definition) is 3. The van der Waals surface area contributed by atoms with E-state index in [1.54, 1.807) is 0 Å². The second-order valence-electron chi connectivity index (χ2n) is 7.67. The number of nitrogens with zero attached hydrogens (tertiary/aromatic N) is 1. The minimum atomic E-state index is 0.0185. The Hall–Kier alpha value is -1.81. The third-order valence-electron chi connectivity index (χ3n) is 5.97. The molecule has 3 fully saturated rings. The molecule has 128 valence electrons. The lowest BCUT2D eigenvalue weighted by molar-refractivity contribution is 0.0217. The molecule has 1 aromatic carbocycles. The maximum absolute atomic E-state index is 12.7. The van der Waals surface area contributed by atoms with Gasteiger partial charge in [0.2, 0.25) is 0 Å². The predicted octanol–water partition coefficient (Wildman–Crippen LogP) is 3.77. The van der Waals surface area contributed by atoms with E-state index in [-0.39, 0.29) is 11.9 Å². The summed E-state index contributed by atoms with van der Waals surface area (Å²) in [6.45, 7) is 8.89. The molecule has 3 aliphatic heterocycles. The van der Waals surface area contributed by atoms with Gasteiger partial charge in [-0.25, -0.2) is 0 Å². The Labute approximate surface area is 143 Å². The van der Waals surface area contributed by atoms with Gasteiger partial charge in [0, 0.05) is 28.6 Å². The van der Waals surface area contributed by atoms with Crippen LogP contribution in [-0.4, -0.2) is 36.0 Å². The summed E-state index contributed by atoms with van der Waals surface area (Å²) >= 11 is 0. The van der Waals surface area contributed by atoms with Gasteiger partial charge in [-0.15, -0.1) is 0 Å². The Kier molecular flexibility index (Phi) is 3.87. The molecule has 2 atom stereocenters. The van der Waals surface area contributed by atoms with Crippen LogP contribution < -0.4 is 5.32 Å². The van der Waals surface area contributed by atoms with Crippen molar-refractivity contribution in [2.75, 3.05) is 13.1 Å². The van der Waals surface area contributed by atoms with E-state index < -0.39 is 0 Å². The highest BCUT2D eigenvalue weighted by Crippen LogP contribution is 2.32. The number of piperidine rings is 3. The first-order valence-electron chi connectivity index (χ1n) is 9.10. The molecule has 2 aromatic rings. The first-order valence-corrected chi connectivity index (χ1v) is 9.10. The highest BCUT2D eigenvalue weighted by molar-refractivity contribution is 5.98. The number of hydrogen-bond donors (Lipinski definition) is 1.